The van der Waals surface area contributed by atoms with Crippen molar-refractivity contribution >= 4 is 16.6 Å². The Kier molecular flexibility index (Phi) is 6.95. The monoisotopic (exact) mass is 408 g/mol. The molecule has 158 valence electrons. The van der Waals surface area contributed by atoms with Gasteiger partial charge in [0.1, 0.15) is 11.5 Å². The molecule has 0 spiro atoms. The van der Waals surface area contributed by atoms with Gasteiger partial charge in [0.25, 0.3) is 0 Å². The molecule has 0 amide bonds. The van der Waals surface area contributed by atoms with Crippen LogP contribution in [0.15, 0.2) is 48.5 Å². The molecule has 30 heavy (non-hydrogen) atoms. The summed E-state index contributed by atoms with van der Waals surface area (Å²) in [5.41, 5.74) is 2.43. The maximum atomic E-state index is 12.3. The van der Waals surface area contributed by atoms with Crippen molar-refractivity contribution in [1.82, 2.24) is 0 Å². The fraction of sp³-hybridized carbons (Fsp3) is 0.320. The van der Waals surface area contributed by atoms with Crippen LogP contribution >= 0.6 is 0 Å². The maximum absolute atomic E-state index is 12.3. The second-order valence-corrected chi connectivity index (χ2v) is 7.58. The summed E-state index contributed by atoms with van der Waals surface area (Å²) >= 11 is 0. The number of hydrogen-bond acceptors (Lipinski definition) is 5. The minimum absolute atomic E-state index is 0.0115. The lowest BCUT2D eigenvalue weighted by molar-refractivity contribution is -0.121. The molecule has 0 radical (unpaired) electrons. The quantitative estimate of drug-likeness (QED) is 0.465. The number of Topliss-reactive ketones (excluding diaryl/α,β-unsaturated/α-hetero) is 1. The van der Waals surface area contributed by atoms with Crippen LogP contribution in [0.5, 0.6) is 17.2 Å². The summed E-state index contributed by atoms with van der Waals surface area (Å²) in [5.74, 6) is 0.568. The number of hydrogen-bond donors (Lipinski definition) is 3. The smallest absolute Gasteiger partial charge is 0.168 e. The second kappa shape index (κ2) is 9.63. The van der Waals surface area contributed by atoms with Gasteiger partial charge >= 0.3 is 0 Å². The van der Waals surface area contributed by atoms with Gasteiger partial charge in [0.2, 0.25) is 0 Å². The Morgan fingerprint density at radius 1 is 1.03 bits per heavy atom. The molecule has 1 atom stereocenters. The van der Waals surface area contributed by atoms with E-state index in [1.807, 2.05) is 31.2 Å². The number of aliphatic hydroxyl groups is 1. The third kappa shape index (κ3) is 4.92. The zero-order chi connectivity index (χ0) is 21.7. The van der Waals surface area contributed by atoms with Gasteiger partial charge in [0, 0.05) is 18.4 Å². The molecule has 5 heteroatoms. The van der Waals surface area contributed by atoms with E-state index in [0.717, 1.165) is 33.9 Å². The Morgan fingerprint density at radius 2 is 1.80 bits per heavy atom. The highest BCUT2D eigenvalue weighted by atomic mass is 16.5. The molecular formula is C25H28O5. The number of benzene rings is 3. The predicted octanol–water partition coefficient (Wildman–Crippen LogP) is 4.98. The second-order valence-electron chi connectivity index (χ2n) is 7.58. The number of carbonyl (C=O) groups excluding carboxylic acids is 1. The van der Waals surface area contributed by atoms with Crippen molar-refractivity contribution in [2.45, 2.75) is 45.1 Å². The van der Waals surface area contributed by atoms with Crippen LogP contribution in [0.25, 0.3) is 21.9 Å². The average molecular weight is 408 g/mol. The molecular weight excluding hydrogens is 380 g/mol. The van der Waals surface area contributed by atoms with E-state index in [1.54, 1.807) is 24.3 Å². The average Bonchev–Trinajstić information content (AvgIpc) is 2.72. The van der Waals surface area contributed by atoms with Crippen LogP contribution < -0.4 is 4.74 Å². The van der Waals surface area contributed by atoms with Crippen molar-refractivity contribution in [3.8, 4) is 28.4 Å². The van der Waals surface area contributed by atoms with E-state index >= 15 is 0 Å². The number of aryl methyl sites for hydroxylation is 1. The van der Waals surface area contributed by atoms with Gasteiger partial charge in [0.05, 0.1) is 13.2 Å². The van der Waals surface area contributed by atoms with Crippen LogP contribution in [0.2, 0.25) is 0 Å². The van der Waals surface area contributed by atoms with Crippen molar-refractivity contribution in [3.05, 3.63) is 54.1 Å². The fourth-order valence-corrected chi connectivity index (χ4v) is 3.81. The number of aliphatic hydroxyl groups excluding tert-OH is 1. The zero-order valence-corrected chi connectivity index (χ0v) is 17.4. The van der Waals surface area contributed by atoms with Gasteiger partial charge in [-0.05, 0) is 59.0 Å². The minimum atomic E-state index is -0.593. The lowest BCUT2D eigenvalue weighted by Crippen LogP contribution is -2.13. The highest BCUT2D eigenvalue weighted by Gasteiger charge is 2.18. The molecule has 0 heterocycles. The van der Waals surface area contributed by atoms with E-state index in [0.29, 0.717) is 25.0 Å². The van der Waals surface area contributed by atoms with Gasteiger partial charge in [-0.1, -0.05) is 37.6 Å². The molecule has 1 unspecified atom stereocenters. The minimum Gasteiger partial charge on any atom is -0.508 e. The largest absolute Gasteiger partial charge is 0.508 e. The number of carbonyl (C=O) groups is 1. The summed E-state index contributed by atoms with van der Waals surface area (Å²) in [6, 6.07) is 14.4. The number of methoxy groups -OCH3 is 1. The molecule has 0 saturated carbocycles. The summed E-state index contributed by atoms with van der Waals surface area (Å²) in [6.07, 6.45) is 1.80. The summed E-state index contributed by atoms with van der Waals surface area (Å²) < 4.78 is 5.49. The van der Waals surface area contributed by atoms with E-state index in [2.05, 4.69) is 0 Å². The van der Waals surface area contributed by atoms with Gasteiger partial charge < -0.3 is 20.1 Å². The van der Waals surface area contributed by atoms with Gasteiger partial charge in [-0.25, -0.2) is 0 Å². The summed E-state index contributed by atoms with van der Waals surface area (Å²) in [5, 5.41) is 31.9. The Bertz CT molecular complexity index is 1040. The van der Waals surface area contributed by atoms with E-state index in [4.69, 9.17) is 4.74 Å². The standard InChI is InChI=1S/C25H28O5/c1-3-4-20(26)15-22(28)11-8-17-9-12-23(29)25(30-2)24(17)18-6-5-16-7-10-21(27)14-19(16)13-18/h5-7,9-10,12-14,20,26-27,29H,3-4,8,11,15H2,1-2H3. The molecule has 0 aromatic heterocycles. The maximum Gasteiger partial charge on any atom is 0.168 e. The van der Waals surface area contributed by atoms with Gasteiger partial charge in [-0.15, -0.1) is 0 Å². The molecule has 3 aromatic carbocycles. The first kappa shape index (κ1) is 21.7. The number of ketones is 1. The van der Waals surface area contributed by atoms with Gasteiger partial charge in [-0.2, -0.15) is 0 Å². The summed E-state index contributed by atoms with van der Waals surface area (Å²) in [7, 11) is 1.50. The van der Waals surface area contributed by atoms with Crippen molar-refractivity contribution < 1.29 is 24.9 Å². The number of rotatable bonds is 9. The molecule has 5 nitrogen and oxygen atoms in total. The first-order valence-corrected chi connectivity index (χ1v) is 10.2. The van der Waals surface area contributed by atoms with Gasteiger partial charge in [0.15, 0.2) is 11.5 Å². The van der Waals surface area contributed by atoms with E-state index in [-0.39, 0.29) is 23.7 Å². The zero-order valence-electron chi connectivity index (χ0n) is 17.4. The Labute approximate surface area is 176 Å². The Hall–Kier alpha value is -3.05. The van der Waals surface area contributed by atoms with Crippen LogP contribution in [0.3, 0.4) is 0 Å². The highest BCUT2D eigenvalue weighted by molar-refractivity contribution is 5.90. The molecule has 0 aliphatic heterocycles. The van der Waals surface area contributed by atoms with Crippen LogP contribution in [-0.4, -0.2) is 34.3 Å². The van der Waals surface area contributed by atoms with E-state index in [9.17, 15) is 20.1 Å². The van der Waals surface area contributed by atoms with Crippen LogP contribution in [0, 0.1) is 0 Å². The topological polar surface area (TPSA) is 87.0 Å². The van der Waals surface area contributed by atoms with Crippen molar-refractivity contribution in [3.63, 3.8) is 0 Å². The number of phenolic OH excluding ortho intramolecular Hbond substituents is 2. The molecule has 0 fully saturated rings. The fourth-order valence-electron chi connectivity index (χ4n) is 3.81. The van der Waals surface area contributed by atoms with E-state index < -0.39 is 6.10 Å². The molecule has 0 bridgehead atoms. The van der Waals surface area contributed by atoms with E-state index in [1.165, 1.54) is 7.11 Å². The molecule has 0 aliphatic rings. The highest BCUT2D eigenvalue weighted by Crippen LogP contribution is 2.41. The number of aromatic hydroxyl groups is 2. The Morgan fingerprint density at radius 3 is 2.53 bits per heavy atom. The van der Waals surface area contributed by atoms with Crippen molar-refractivity contribution in [2.24, 2.45) is 0 Å². The third-order valence-corrected chi connectivity index (χ3v) is 5.30. The number of fused-ring (bicyclic) bond motifs is 1. The normalized spacial score (nSPS) is 12.1. The number of ether oxygens (including phenoxy) is 1. The first-order chi connectivity index (χ1) is 14.4. The lowest BCUT2D eigenvalue weighted by Gasteiger charge is -2.16. The molecule has 0 saturated heterocycles. The van der Waals surface area contributed by atoms with Crippen LogP contribution in [0.4, 0.5) is 0 Å². The molecule has 3 N–H and O–H groups in total. The first-order valence-electron chi connectivity index (χ1n) is 10.2. The van der Waals surface area contributed by atoms with Crippen molar-refractivity contribution in [1.29, 1.82) is 0 Å². The summed E-state index contributed by atoms with van der Waals surface area (Å²) in [6.45, 7) is 1.98. The third-order valence-electron chi connectivity index (χ3n) is 5.30. The Balaban J connectivity index is 1.95. The summed E-state index contributed by atoms with van der Waals surface area (Å²) in [4.78, 5) is 12.3. The SMILES string of the molecule is CCCC(O)CC(=O)CCc1ccc(O)c(OC)c1-c1ccc2ccc(O)cc2c1. The lowest BCUT2D eigenvalue weighted by atomic mass is 9.92. The predicted molar refractivity (Wildman–Crippen MR) is 118 cm³/mol. The molecule has 3 rings (SSSR count). The molecule has 0 aliphatic carbocycles. The molecule has 3 aromatic rings. The van der Waals surface area contributed by atoms with Crippen LogP contribution in [-0.2, 0) is 11.2 Å². The van der Waals surface area contributed by atoms with Gasteiger partial charge in [-0.3, -0.25) is 4.79 Å². The number of phenols is 2. The van der Waals surface area contributed by atoms with Crippen LogP contribution in [0.1, 0.15) is 38.2 Å². The van der Waals surface area contributed by atoms with Crippen molar-refractivity contribution in [2.75, 3.05) is 7.11 Å².